The third-order valence-electron chi connectivity index (χ3n) is 2.35. The first-order chi connectivity index (χ1) is 6.08. The van der Waals surface area contributed by atoms with Crippen molar-refractivity contribution in [2.75, 3.05) is 0 Å². The van der Waals surface area contributed by atoms with E-state index >= 15 is 0 Å². The largest absolute Gasteiger partial charge is 0.251 e. The second-order valence-electron chi connectivity index (χ2n) is 3.35. The molecule has 0 aliphatic heterocycles. The zero-order valence-corrected chi connectivity index (χ0v) is 7.64. The molecule has 1 fully saturated rings. The molecule has 1 atom stereocenters. The number of rotatable bonds is 1. The molecule has 72 valence electrons. The standard InChI is InChI=1S/C8H9ClF2N2/c9-7-2-4-12-13(7)6-1-3-8(10,11)5-6/h2,4,6H,1,3,5H2. The van der Waals surface area contributed by atoms with Gasteiger partial charge in [-0.25, -0.2) is 8.78 Å². The molecule has 13 heavy (non-hydrogen) atoms. The Morgan fingerprint density at radius 1 is 1.62 bits per heavy atom. The first-order valence-corrected chi connectivity index (χ1v) is 4.53. The molecule has 1 aromatic rings. The van der Waals surface area contributed by atoms with Crippen LogP contribution in [0.25, 0.3) is 0 Å². The summed E-state index contributed by atoms with van der Waals surface area (Å²) in [5.74, 6) is -2.54. The maximum Gasteiger partial charge on any atom is 0.250 e. The lowest BCUT2D eigenvalue weighted by Gasteiger charge is -2.11. The molecule has 0 aromatic carbocycles. The Morgan fingerprint density at radius 2 is 2.38 bits per heavy atom. The molecular weight excluding hydrogens is 198 g/mol. The van der Waals surface area contributed by atoms with Crippen LogP contribution in [0.5, 0.6) is 0 Å². The van der Waals surface area contributed by atoms with Crippen LogP contribution in [-0.2, 0) is 0 Å². The summed E-state index contributed by atoms with van der Waals surface area (Å²) in [5.41, 5.74) is 0. The van der Waals surface area contributed by atoms with Crippen LogP contribution in [0.2, 0.25) is 5.15 Å². The zero-order valence-electron chi connectivity index (χ0n) is 6.88. The normalized spacial score (nSPS) is 26.5. The molecule has 0 amide bonds. The third-order valence-corrected chi connectivity index (χ3v) is 2.64. The summed E-state index contributed by atoms with van der Waals surface area (Å²) in [4.78, 5) is 0. The van der Waals surface area contributed by atoms with E-state index in [0.717, 1.165) is 0 Å². The van der Waals surface area contributed by atoms with Crippen LogP contribution < -0.4 is 0 Å². The summed E-state index contributed by atoms with van der Waals surface area (Å²) in [5, 5.41) is 4.35. The Bertz CT molecular complexity index is 311. The Labute approximate surface area is 79.5 Å². The van der Waals surface area contributed by atoms with Gasteiger partial charge in [0, 0.05) is 12.8 Å². The van der Waals surface area contributed by atoms with E-state index in [9.17, 15) is 8.78 Å². The number of hydrogen-bond donors (Lipinski definition) is 0. The van der Waals surface area contributed by atoms with Crippen LogP contribution in [0.15, 0.2) is 12.3 Å². The monoisotopic (exact) mass is 206 g/mol. The molecule has 1 aromatic heterocycles. The average molecular weight is 207 g/mol. The van der Waals surface area contributed by atoms with Crippen molar-refractivity contribution in [1.29, 1.82) is 0 Å². The molecule has 0 bridgehead atoms. The lowest BCUT2D eigenvalue weighted by molar-refractivity contribution is 0.00520. The molecule has 2 rings (SSSR count). The van der Waals surface area contributed by atoms with Crippen LogP contribution in [0, 0.1) is 0 Å². The second kappa shape index (κ2) is 2.94. The van der Waals surface area contributed by atoms with Gasteiger partial charge in [-0.2, -0.15) is 5.10 Å². The molecule has 0 spiro atoms. The van der Waals surface area contributed by atoms with E-state index in [-0.39, 0.29) is 18.9 Å². The van der Waals surface area contributed by atoms with E-state index in [4.69, 9.17) is 11.6 Å². The number of nitrogens with zero attached hydrogens (tertiary/aromatic N) is 2. The van der Waals surface area contributed by atoms with E-state index in [1.165, 1.54) is 10.9 Å². The lowest BCUT2D eigenvalue weighted by atomic mass is 10.2. The Hall–Kier alpha value is -0.640. The van der Waals surface area contributed by atoms with E-state index in [1.54, 1.807) is 6.07 Å². The minimum atomic E-state index is -2.54. The van der Waals surface area contributed by atoms with Crippen molar-refractivity contribution in [3.05, 3.63) is 17.4 Å². The van der Waals surface area contributed by atoms with E-state index in [2.05, 4.69) is 5.10 Å². The number of alkyl halides is 2. The van der Waals surface area contributed by atoms with Gasteiger partial charge in [-0.15, -0.1) is 0 Å². The van der Waals surface area contributed by atoms with Crippen molar-refractivity contribution in [3.8, 4) is 0 Å². The number of hydrogen-bond acceptors (Lipinski definition) is 1. The minimum absolute atomic E-state index is 0.0617. The van der Waals surface area contributed by atoms with Gasteiger partial charge in [0.25, 0.3) is 0 Å². The number of aromatic nitrogens is 2. The molecule has 5 heteroatoms. The molecule has 1 saturated carbocycles. The third kappa shape index (κ3) is 1.68. The van der Waals surface area contributed by atoms with Gasteiger partial charge in [0.2, 0.25) is 5.92 Å². The molecule has 0 radical (unpaired) electrons. The molecule has 1 unspecified atom stereocenters. The van der Waals surface area contributed by atoms with Crippen molar-refractivity contribution < 1.29 is 8.78 Å². The Kier molecular flexibility index (Phi) is 2.02. The first-order valence-electron chi connectivity index (χ1n) is 4.15. The maximum absolute atomic E-state index is 12.8. The van der Waals surface area contributed by atoms with Gasteiger partial charge < -0.3 is 0 Å². The molecule has 1 aliphatic rings. The summed E-state index contributed by atoms with van der Waals surface area (Å²) in [7, 11) is 0. The van der Waals surface area contributed by atoms with Crippen LogP contribution in [0.3, 0.4) is 0 Å². The molecular formula is C8H9ClF2N2. The highest BCUT2D eigenvalue weighted by atomic mass is 35.5. The molecule has 1 aliphatic carbocycles. The van der Waals surface area contributed by atoms with Gasteiger partial charge in [-0.05, 0) is 12.5 Å². The topological polar surface area (TPSA) is 17.8 Å². The van der Waals surface area contributed by atoms with E-state index in [0.29, 0.717) is 11.6 Å². The SMILES string of the molecule is FC1(F)CCC(n2nccc2Cl)C1. The summed E-state index contributed by atoms with van der Waals surface area (Å²) in [6, 6.07) is 1.37. The van der Waals surface area contributed by atoms with Gasteiger partial charge in [0.15, 0.2) is 0 Å². The van der Waals surface area contributed by atoms with Crippen LogP contribution >= 0.6 is 11.6 Å². The first kappa shape index (κ1) is 8.94. The van der Waals surface area contributed by atoms with E-state index in [1.807, 2.05) is 0 Å². The average Bonchev–Trinajstić information content (AvgIpc) is 2.56. The molecule has 1 heterocycles. The van der Waals surface area contributed by atoms with Gasteiger partial charge in [0.05, 0.1) is 12.2 Å². The smallest absolute Gasteiger partial charge is 0.250 e. The van der Waals surface area contributed by atoms with Gasteiger partial charge in [0.1, 0.15) is 5.15 Å². The van der Waals surface area contributed by atoms with Crippen molar-refractivity contribution in [2.24, 2.45) is 0 Å². The summed E-state index contributed by atoms with van der Waals surface area (Å²) >= 11 is 5.77. The highest BCUT2D eigenvalue weighted by Gasteiger charge is 2.40. The van der Waals surface area contributed by atoms with Gasteiger partial charge in [-0.3, -0.25) is 4.68 Å². The fraction of sp³-hybridized carbons (Fsp3) is 0.625. The lowest BCUT2D eigenvalue weighted by Crippen LogP contribution is -2.12. The minimum Gasteiger partial charge on any atom is -0.251 e. The van der Waals surface area contributed by atoms with Gasteiger partial charge in [-0.1, -0.05) is 11.6 Å². The highest BCUT2D eigenvalue weighted by Crippen LogP contribution is 2.41. The fourth-order valence-corrected chi connectivity index (χ4v) is 1.94. The molecule has 0 saturated heterocycles. The van der Waals surface area contributed by atoms with Crippen LogP contribution in [-0.4, -0.2) is 15.7 Å². The summed E-state index contributed by atoms with van der Waals surface area (Å²) < 4.78 is 27.1. The second-order valence-corrected chi connectivity index (χ2v) is 3.74. The van der Waals surface area contributed by atoms with Crippen molar-refractivity contribution in [3.63, 3.8) is 0 Å². The van der Waals surface area contributed by atoms with Crippen molar-refractivity contribution in [2.45, 2.75) is 31.2 Å². The predicted octanol–water partition coefficient (Wildman–Crippen LogP) is 2.90. The number of halogens is 3. The summed E-state index contributed by atoms with van der Waals surface area (Å²) in [6.45, 7) is 0. The van der Waals surface area contributed by atoms with Crippen LogP contribution in [0.1, 0.15) is 25.3 Å². The van der Waals surface area contributed by atoms with Crippen LogP contribution in [0.4, 0.5) is 8.78 Å². The Morgan fingerprint density at radius 3 is 2.85 bits per heavy atom. The van der Waals surface area contributed by atoms with Crippen molar-refractivity contribution >= 4 is 11.6 Å². The Balaban J connectivity index is 2.17. The van der Waals surface area contributed by atoms with E-state index < -0.39 is 5.92 Å². The predicted molar refractivity (Wildman–Crippen MR) is 45.1 cm³/mol. The molecule has 2 nitrogen and oxygen atoms in total. The highest BCUT2D eigenvalue weighted by molar-refractivity contribution is 6.29. The summed E-state index contributed by atoms with van der Waals surface area (Å²) in [6.07, 6.45) is 1.77. The fourth-order valence-electron chi connectivity index (χ4n) is 1.70. The maximum atomic E-state index is 12.8. The van der Waals surface area contributed by atoms with Crippen molar-refractivity contribution in [1.82, 2.24) is 9.78 Å². The molecule has 0 N–H and O–H groups in total. The zero-order chi connectivity index (χ0) is 9.47. The quantitative estimate of drug-likeness (QED) is 0.691. The van der Waals surface area contributed by atoms with Gasteiger partial charge >= 0.3 is 0 Å².